The van der Waals surface area contributed by atoms with E-state index in [0.717, 1.165) is 5.69 Å². The third-order valence-corrected chi connectivity index (χ3v) is 3.27. The largest absolute Gasteiger partial charge is 0.418 e. The van der Waals surface area contributed by atoms with Gasteiger partial charge in [-0.1, -0.05) is 39.8 Å². The topological polar surface area (TPSA) is 28.7 Å². The monoisotopic (exact) mass is 270 g/mol. The molecule has 0 aliphatic rings. The summed E-state index contributed by atoms with van der Waals surface area (Å²) >= 11 is 0. The number of H-pyrrole nitrogens is 1. The van der Waals surface area contributed by atoms with Crippen molar-refractivity contribution in [2.45, 2.75) is 45.7 Å². The molecule has 0 saturated heterocycles. The smallest absolute Gasteiger partial charge is 0.281 e. The van der Waals surface area contributed by atoms with Gasteiger partial charge in [0.05, 0.1) is 5.56 Å². The first-order valence-electron chi connectivity index (χ1n) is 6.31. The van der Waals surface area contributed by atoms with Gasteiger partial charge in [0.2, 0.25) is 0 Å². The molecule has 0 fully saturated rings. The molecular weight excluding hydrogens is 253 g/mol. The SMILES string of the molecule is CC(C)c1ccc2c(C(C)C)[nH]nc2c1C(F)(F)F. The molecule has 5 heteroatoms. The summed E-state index contributed by atoms with van der Waals surface area (Å²) in [4.78, 5) is 0. The summed E-state index contributed by atoms with van der Waals surface area (Å²) in [5.74, 6) is -0.0868. The predicted octanol–water partition coefficient (Wildman–Crippen LogP) is 4.83. The maximum Gasteiger partial charge on any atom is 0.418 e. The fourth-order valence-corrected chi connectivity index (χ4v) is 2.34. The first-order chi connectivity index (χ1) is 8.73. The van der Waals surface area contributed by atoms with Gasteiger partial charge in [-0.3, -0.25) is 5.10 Å². The molecule has 0 radical (unpaired) electrons. The lowest BCUT2D eigenvalue weighted by molar-refractivity contribution is -0.137. The molecule has 0 aliphatic carbocycles. The van der Waals surface area contributed by atoms with Gasteiger partial charge in [0.25, 0.3) is 0 Å². The summed E-state index contributed by atoms with van der Waals surface area (Å²) in [7, 11) is 0. The van der Waals surface area contributed by atoms with Crippen molar-refractivity contribution in [1.82, 2.24) is 10.2 Å². The number of rotatable bonds is 2. The molecular formula is C14H17F3N2. The van der Waals surface area contributed by atoms with Crippen LogP contribution in [0.15, 0.2) is 12.1 Å². The van der Waals surface area contributed by atoms with Crippen molar-refractivity contribution in [3.63, 3.8) is 0 Å². The number of aromatic nitrogens is 2. The lowest BCUT2D eigenvalue weighted by Gasteiger charge is -2.16. The third-order valence-electron chi connectivity index (χ3n) is 3.27. The van der Waals surface area contributed by atoms with Gasteiger partial charge in [-0.2, -0.15) is 18.3 Å². The van der Waals surface area contributed by atoms with Gasteiger partial charge in [0.1, 0.15) is 5.52 Å². The Balaban J connectivity index is 2.82. The number of nitrogens with one attached hydrogen (secondary N) is 1. The molecule has 0 aliphatic heterocycles. The van der Waals surface area contributed by atoms with E-state index in [2.05, 4.69) is 10.2 Å². The number of hydrogen-bond donors (Lipinski definition) is 1. The van der Waals surface area contributed by atoms with Crippen LogP contribution in [0.4, 0.5) is 13.2 Å². The summed E-state index contributed by atoms with van der Waals surface area (Å²) in [6.07, 6.45) is -4.39. The minimum atomic E-state index is -4.39. The Labute approximate surface area is 110 Å². The molecule has 0 bridgehead atoms. The van der Waals surface area contributed by atoms with Crippen LogP contribution in [0.1, 0.15) is 56.4 Å². The van der Waals surface area contributed by atoms with E-state index in [1.165, 1.54) is 0 Å². The van der Waals surface area contributed by atoms with Crippen molar-refractivity contribution in [3.8, 4) is 0 Å². The molecule has 1 N–H and O–H groups in total. The summed E-state index contributed by atoms with van der Waals surface area (Å²) in [6, 6.07) is 3.30. The lowest BCUT2D eigenvalue weighted by Crippen LogP contribution is -2.11. The van der Waals surface area contributed by atoms with Crippen LogP contribution in [0, 0.1) is 0 Å². The second kappa shape index (κ2) is 4.54. The van der Waals surface area contributed by atoms with Crippen LogP contribution >= 0.6 is 0 Å². The van der Waals surface area contributed by atoms with E-state index < -0.39 is 11.7 Å². The van der Waals surface area contributed by atoms with Crippen LogP contribution in [-0.2, 0) is 6.18 Å². The van der Waals surface area contributed by atoms with Gasteiger partial charge in [-0.05, 0) is 17.4 Å². The predicted molar refractivity (Wildman–Crippen MR) is 69.3 cm³/mol. The molecule has 0 amide bonds. The Kier molecular flexibility index (Phi) is 3.32. The third kappa shape index (κ3) is 2.33. The highest BCUT2D eigenvalue weighted by atomic mass is 19.4. The molecule has 0 spiro atoms. The van der Waals surface area contributed by atoms with Crippen LogP contribution in [0.25, 0.3) is 10.9 Å². The van der Waals surface area contributed by atoms with Gasteiger partial charge >= 0.3 is 6.18 Å². The highest BCUT2D eigenvalue weighted by Crippen LogP contribution is 2.40. The van der Waals surface area contributed by atoms with Crippen molar-refractivity contribution in [1.29, 1.82) is 0 Å². The first kappa shape index (κ1) is 13.9. The molecule has 19 heavy (non-hydrogen) atoms. The minimum Gasteiger partial charge on any atom is -0.281 e. The molecule has 1 aromatic carbocycles. The van der Waals surface area contributed by atoms with Crippen LogP contribution < -0.4 is 0 Å². The Morgan fingerprint density at radius 3 is 2.16 bits per heavy atom. The van der Waals surface area contributed by atoms with Crippen molar-refractivity contribution in [2.75, 3.05) is 0 Å². The average Bonchev–Trinajstić information content (AvgIpc) is 2.69. The number of halogens is 3. The molecule has 2 aromatic rings. The minimum absolute atomic E-state index is 0.0300. The highest BCUT2D eigenvalue weighted by Gasteiger charge is 2.37. The lowest BCUT2D eigenvalue weighted by atomic mass is 9.93. The molecule has 0 atom stereocenters. The van der Waals surface area contributed by atoms with Crippen LogP contribution in [0.2, 0.25) is 0 Å². The van der Waals surface area contributed by atoms with E-state index >= 15 is 0 Å². The number of hydrogen-bond acceptors (Lipinski definition) is 1. The Morgan fingerprint density at radius 1 is 1.05 bits per heavy atom. The summed E-state index contributed by atoms with van der Waals surface area (Å²) in [5.41, 5.74) is 0.461. The quantitative estimate of drug-likeness (QED) is 0.832. The molecule has 0 unspecified atom stereocenters. The fraction of sp³-hybridized carbons (Fsp3) is 0.500. The fourth-order valence-electron chi connectivity index (χ4n) is 2.34. The zero-order chi connectivity index (χ0) is 14.4. The van der Waals surface area contributed by atoms with E-state index in [0.29, 0.717) is 10.9 Å². The zero-order valence-electron chi connectivity index (χ0n) is 11.4. The van der Waals surface area contributed by atoms with E-state index in [-0.39, 0.29) is 17.4 Å². The maximum atomic E-state index is 13.3. The molecule has 0 saturated carbocycles. The van der Waals surface area contributed by atoms with E-state index in [9.17, 15) is 13.2 Å². The van der Waals surface area contributed by atoms with Crippen molar-refractivity contribution in [3.05, 3.63) is 29.0 Å². The second-order valence-electron chi connectivity index (χ2n) is 5.37. The Hall–Kier alpha value is -1.52. The van der Waals surface area contributed by atoms with Crippen LogP contribution in [0.3, 0.4) is 0 Å². The normalized spacial score (nSPS) is 12.9. The van der Waals surface area contributed by atoms with E-state index in [1.54, 1.807) is 26.0 Å². The van der Waals surface area contributed by atoms with Gasteiger partial charge in [0, 0.05) is 11.1 Å². The van der Waals surface area contributed by atoms with E-state index in [1.807, 2.05) is 13.8 Å². The van der Waals surface area contributed by atoms with Crippen LogP contribution in [0.5, 0.6) is 0 Å². The van der Waals surface area contributed by atoms with Gasteiger partial charge in [-0.15, -0.1) is 0 Å². The number of benzene rings is 1. The van der Waals surface area contributed by atoms with Crippen LogP contribution in [-0.4, -0.2) is 10.2 Å². The molecule has 2 rings (SSSR count). The average molecular weight is 270 g/mol. The van der Waals surface area contributed by atoms with Crippen molar-refractivity contribution < 1.29 is 13.2 Å². The zero-order valence-corrected chi connectivity index (χ0v) is 11.4. The summed E-state index contributed by atoms with van der Waals surface area (Å²) in [6.45, 7) is 7.37. The summed E-state index contributed by atoms with van der Waals surface area (Å²) in [5, 5.41) is 7.21. The summed E-state index contributed by atoms with van der Waals surface area (Å²) < 4.78 is 39.9. The molecule has 1 aromatic heterocycles. The van der Waals surface area contributed by atoms with Gasteiger partial charge < -0.3 is 0 Å². The maximum absolute atomic E-state index is 13.3. The second-order valence-corrected chi connectivity index (χ2v) is 5.37. The van der Waals surface area contributed by atoms with Crippen molar-refractivity contribution >= 4 is 10.9 Å². The van der Waals surface area contributed by atoms with Crippen molar-refractivity contribution in [2.24, 2.45) is 0 Å². The highest BCUT2D eigenvalue weighted by molar-refractivity contribution is 5.86. The standard InChI is InChI=1S/C14H17F3N2/c1-7(2)9-5-6-10-12(8(3)4)18-19-13(10)11(9)14(15,16)17/h5-8H,1-4H3,(H,18,19). The number of aromatic amines is 1. The number of alkyl halides is 3. The Morgan fingerprint density at radius 2 is 1.68 bits per heavy atom. The van der Waals surface area contributed by atoms with Gasteiger partial charge in [0.15, 0.2) is 0 Å². The number of fused-ring (bicyclic) bond motifs is 1. The molecule has 2 nitrogen and oxygen atoms in total. The van der Waals surface area contributed by atoms with E-state index in [4.69, 9.17) is 0 Å². The number of nitrogens with zero attached hydrogens (tertiary/aromatic N) is 1. The Bertz CT molecular complexity index is 594. The first-order valence-corrected chi connectivity index (χ1v) is 6.31. The molecule has 1 heterocycles. The molecule has 104 valence electrons. The van der Waals surface area contributed by atoms with Gasteiger partial charge in [-0.25, -0.2) is 0 Å².